The Morgan fingerprint density at radius 3 is 2.75 bits per heavy atom. The number of carbonyl (C=O) groups excluding carboxylic acids is 1. The normalized spacial score (nSPS) is 26.9. The SMILES string of the molecule is CC(C)c1nc2c(n1C)CCN([C@H]1C[C@@H](C)OC1=O)C2. The fourth-order valence-electron chi connectivity index (χ4n) is 3.39. The minimum absolute atomic E-state index is 0.0452. The lowest BCUT2D eigenvalue weighted by Gasteiger charge is -2.29. The molecule has 2 atom stereocenters. The largest absolute Gasteiger partial charge is 0.461 e. The minimum Gasteiger partial charge on any atom is -0.461 e. The second kappa shape index (κ2) is 4.88. The molecule has 0 radical (unpaired) electrons. The number of aromatic nitrogens is 2. The predicted molar refractivity (Wildman–Crippen MR) is 75.4 cm³/mol. The smallest absolute Gasteiger partial charge is 0.323 e. The van der Waals surface area contributed by atoms with Crippen LogP contribution in [0.4, 0.5) is 0 Å². The lowest BCUT2D eigenvalue weighted by Crippen LogP contribution is -2.42. The fraction of sp³-hybridized carbons (Fsp3) is 0.733. The summed E-state index contributed by atoms with van der Waals surface area (Å²) in [5.74, 6) is 1.50. The molecule has 2 aliphatic heterocycles. The van der Waals surface area contributed by atoms with Gasteiger partial charge in [-0.05, 0) is 6.92 Å². The van der Waals surface area contributed by atoms with E-state index >= 15 is 0 Å². The van der Waals surface area contributed by atoms with Gasteiger partial charge in [0.05, 0.1) is 5.69 Å². The molecule has 0 unspecified atom stereocenters. The van der Waals surface area contributed by atoms with Crippen LogP contribution in [0.1, 0.15) is 50.3 Å². The Bertz CT molecular complexity index is 535. The van der Waals surface area contributed by atoms with Crippen molar-refractivity contribution < 1.29 is 9.53 Å². The molecular weight excluding hydrogens is 254 g/mol. The maximum absolute atomic E-state index is 11.9. The second-order valence-corrected chi connectivity index (χ2v) is 6.30. The van der Waals surface area contributed by atoms with Gasteiger partial charge in [0.1, 0.15) is 18.0 Å². The molecule has 1 fully saturated rings. The summed E-state index contributed by atoms with van der Waals surface area (Å²) >= 11 is 0. The van der Waals surface area contributed by atoms with Crippen LogP contribution in [-0.4, -0.2) is 39.1 Å². The van der Waals surface area contributed by atoms with E-state index in [1.54, 1.807) is 0 Å². The molecule has 2 aliphatic rings. The van der Waals surface area contributed by atoms with Crippen molar-refractivity contribution >= 4 is 5.97 Å². The number of nitrogens with zero attached hydrogens (tertiary/aromatic N) is 3. The Balaban J connectivity index is 1.82. The van der Waals surface area contributed by atoms with Gasteiger partial charge in [0.15, 0.2) is 0 Å². The summed E-state index contributed by atoms with van der Waals surface area (Å²) in [6.07, 6.45) is 1.81. The van der Waals surface area contributed by atoms with Crippen molar-refractivity contribution in [3.8, 4) is 0 Å². The van der Waals surface area contributed by atoms with Crippen molar-refractivity contribution in [1.82, 2.24) is 14.5 Å². The van der Waals surface area contributed by atoms with Gasteiger partial charge in [-0.2, -0.15) is 0 Å². The first kappa shape index (κ1) is 13.6. The average molecular weight is 277 g/mol. The van der Waals surface area contributed by atoms with Crippen LogP contribution >= 0.6 is 0 Å². The average Bonchev–Trinajstić information content (AvgIpc) is 2.89. The van der Waals surface area contributed by atoms with Gasteiger partial charge in [-0.15, -0.1) is 0 Å². The van der Waals surface area contributed by atoms with Gasteiger partial charge in [0.2, 0.25) is 0 Å². The number of carbonyl (C=O) groups is 1. The zero-order valence-corrected chi connectivity index (χ0v) is 12.7. The highest BCUT2D eigenvalue weighted by Gasteiger charge is 2.38. The number of esters is 1. The number of fused-ring (bicyclic) bond motifs is 1. The number of hydrogen-bond acceptors (Lipinski definition) is 4. The molecule has 1 saturated heterocycles. The zero-order chi connectivity index (χ0) is 14.4. The summed E-state index contributed by atoms with van der Waals surface area (Å²) < 4.78 is 7.51. The molecule has 0 aromatic carbocycles. The van der Waals surface area contributed by atoms with E-state index in [1.165, 1.54) is 5.69 Å². The molecule has 1 aromatic rings. The van der Waals surface area contributed by atoms with Gasteiger partial charge in [-0.1, -0.05) is 13.8 Å². The summed E-state index contributed by atoms with van der Waals surface area (Å²) in [7, 11) is 2.10. The van der Waals surface area contributed by atoms with E-state index in [9.17, 15) is 4.79 Å². The van der Waals surface area contributed by atoms with Crippen molar-refractivity contribution in [3.05, 3.63) is 17.2 Å². The maximum Gasteiger partial charge on any atom is 0.323 e. The molecule has 0 amide bonds. The van der Waals surface area contributed by atoms with Gasteiger partial charge >= 0.3 is 5.97 Å². The summed E-state index contributed by atoms with van der Waals surface area (Å²) in [6.45, 7) is 7.98. The topological polar surface area (TPSA) is 47.4 Å². The van der Waals surface area contributed by atoms with Crippen LogP contribution in [-0.2, 0) is 29.5 Å². The van der Waals surface area contributed by atoms with Crippen molar-refractivity contribution in [2.75, 3.05) is 6.54 Å². The second-order valence-electron chi connectivity index (χ2n) is 6.30. The lowest BCUT2D eigenvalue weighted by atomic mass is 10.1. The Labute approximate surface area is 119 Å². The Hall–Kier alpha value is -1.36. The van der Waals surface area contributed by atoms with Crippen LogP contribution in [0.2, 0.25) is 0 Å². The van der Waals surface area contributed by atoms with E-state index in [4.69, 9.17) is 9.72 Å². The third-order valence-corrected chi connectivity index (χ3v) is 4.42. The number of ether oxygens (including phenoxy) is 1. The fourth-order valence-corrected chi connectivity index (χ4v) is 3.39. The molecule has 0 N–H and O–H groups in total. The molecule has 5 heteroatoms. The quantitative estimate of drug-likeness (QED) is 0.771. The summed E-state index contributed by atoms with van der Waals surface area (Å²) in [5, 5.41) is 0. The molecule has 0 saturated carbocycles. The van der Waals surface area contributed by atoms with E-state index in [1.807, 2.05) is 6.92 Å². The maximum atomic E-state index is 11.9. The first-order valence-corrected chi connectivity index (χ1v) is 7.46. The Morgan fingerprint density at radius 1 is 1.40 bits per heavy atom. The summed E-state index contributed by atoms with van der Waals surface area (Å²) in [5.41, 5.74) is 2.46. The number of rotatable bonds is 2. The molecule has 3 rings (SSSR count). The third kappa shape index (κ3) is 2.14. The van der Waals surface area contributed by atoms with Gasteiger partial charge in [-0.25, -0.2) is 4.98 Å². The number of imidazole rings is 1. The predicted octanol–water partition coefficient (Wildman–Crippen LogP) is 1.61. The van der Waals surface area contributed by atoms with Crippen molar-refractivity contribution in [2.45, 2.75) is 58.2 Å². The van der Waals surface area contributed by atoms with Crippen molar-refractivity contribution in [3.63, 3.8) is 0 Å². The van der Waals surface area contributed by atoms with Gasteiger partial charge < -0.3 is 9.30 Å². The molecule has 110 valence electrons. The molecule has 1 aromatic heterocycles. The van der Waals surface area contributed by atoms with E-state index in [0.717, 1.165) is 37.4 Å². The molecular formula is C15H23N3O2. The van der Waals surface area contributed by atoms with E-state index in [0.29, 0.717) is 5.92 Å². The highest BCUT2D eigenvalue weighted by atomic mass is 16.6. The van der Waals surface area contributed by atoms with Crippen LogP contribution in [0, 0.1) is 0 Å². The molecule has 0 aliphatic carbocycles. The van der Waals surface area contributed by atoms with Gasteiger partial charge in [-0.3, -0.25) is 9.69 Å². The molecule has 5 nitrogen and oxygen atoms in total. The number of hydrogen-bond donors (Lipinski definition) is 0. The number of cyclic esters (lactones) is 1. The standard InChI is InChI=1S/C15H23N3O2/c1-9(2)14-16-11-8-18(6-5-12(11)17(14)4)13-7-10(3)20-15(13)19/h9-10,13H,5-8H2,1-4H3/t10-,13+/m1/s1. The molecule has 20 heavy (non-hydrogen) atoms. The first-order chi connectivity index (χ1) is 9.47. The highest BCUT2D eigenvalue weighted by molar-refractivity contribution is 5.78. The summed E-state index contributed by atoms with van der Waals surface area (Å²) in [6, 6.07) is -0.0809. The van der Waals surface area contributed by atoms with Crippen LogP contribution in [0.15, 0.2) is 0 Å². The lowest BCUT2D eigenvalue weighted by molar-refractivity contribution is -0.145. The van der Waals surface area contributed by atoms with Crippen LogP contribution in [0.25, 0.3) is 0 Å². The van der Waals surface area contributed by atoms with Crippen LogP contribution in [0.5, 0.6) is 0 Å². The molecule has 0 bridgehead atoms. The van der Waals surface area contributed by atoms with E-state index < -0.39 is 0 Å². The summed E-state index contributed by atoms with van der Waals surface area (Å²) in [4.78, 5) is 18.9. The van der Waals surface area contributed by atoms with Crippen LogP contribution < -0.4 is 0 Å². The Morgan fingerprint density at radius 2 is 2.15 bits per heavy atom. The first-order valence-electron chi connectivity index (χ1n) is 7.46. The Kier molecular flexibility index (Phi) is 3.32. The van der Waals surface area contributed by atoms with E-state index in [-0.39, 0.29) is 18.1 Å². The third-order valence-electron chi connectivity index (χ3n) is 4.42. The van der Waals surface area contributed by atoms with Crippen LogP contribution in [0.3, 0.4) is 0 Å². The van der Waals surface area contributed by atoms with Gasteiger partial charge in [0.25, 0.3) is 0 Å². The zero-order valence-electron chi connectivity index (χ0n) is 12.7. The highest BCUT2D eigenvalue weighted by Crippen LogP contribution is 2.28. The molecule has 0 spiro atoms. The minimum atomic E-state index is -0.0809. The van der Waals surface area contributed by atoms with E-state index in [2.05, 4.69) is 30.4 Å². The van der Waals surface area contributed by atoms with Gasteiger partial charge in [0, 0.05) is 44.6 Å². The van der Waals surface area contributed by atoms with Crippen molar-refractivity contribution in [1.29, 1.82) is 0 Å². The molecule has 3 heterocycles. The monoisotopic (exact) mass is 277 g/mol. The van der Waals surface area contributed by atoms with Crippen molar-refractivity contribution in [2.24, 2.45) is 7.05 Å².